The molecule has 128 valence electrons. The molecule has 0 aliphatic carbocycles. The number of amides is 1. The molecule has 2 aromatic heterocycles. The van der Waals surface area contributed by atoms with Gasteiger partial charge in [-0.05, 0) is 47.3 Å². The Kier molecular flexibility index (Phi) is 5.81. The number of carbonyl (C=O) groups is 1. The predicted molar refractivity (Wildman–Crippen MR) is 91.7 cm³/mol. The number of hydrogen-bond donors (Lipinski definition) is 1. The summed E-state index contributed by atoms with van der Waals surface area (Å²) in [7, 11) is 0. The van der Waals surface area contributed by atoms with E-state index in [-0.39, 0.29) is 12.0 Å². The second-order valence-corrected chi connectivity index (χ2v) is 5.94. The average Bonchev–Trinajstić information content (AvgIpc) is 3.10. The van der Waals surface area contributed by atoms with Crippen molar-refractivity contribution in [1.82, 2.24) is 20.1 Å². The zero-order valence-electron chi connectivity index (χ0n) is 13.2. The molecule has 7 nitrogen and oxygen atoms in total. The summed E-state index contributed by atoms with van der Waals surface area (Å²) in [6.45, 7) is 1.31. The zero-order chi connectivity index (χ0) is 16.8. The lowest BCUT2D eigenvalue weighted by atomic mass is 10.1. The highest BCUT2D eigenvalue weighted by atomic mass is 79.9. The van der Waals surface area contributed by atoms with Gasteiger partial charge in [-0.3, -0.25) is 4.79 Å². The molecule has 24 heavy (non-hydrogen) atoms. The van der Waals surface area contributed by atoms with E-state index in [1.807, 2.05) is 0 Å². The Hall–Kier alpha value is -1.93. The predicted octanol–water partition coefficient (Wildman–Crippen LogP) is 2.30. The van der Waals surface area contributed by atoms with E-state index in [0.29, 0.717) is 29.2 Å². The normalized spacial score (nSPS) is 17.5. The molecule has 1 aliphatic heterocycles. The molecule has 3 heterocycles. The molecule has 0 bridgehead atoms. The average molecular weight is 395 g/mol. The van der Waals surface area contributed by atoms with Gasteiger partial charge in [0, 0.05) is 19.3 Å². The van der Waals surface area contributed by atoms with Gasteiger partial charge in [-0.25, -0.2) is 9.67 Å². The molecular weight excluding hydrogens is 376 g/mol. The molecule has 1 N–H and O–H groups in total. The lowest BCUT2D eigenvalue weighted by Gasteiger charge is -2.22. The number of halogens is 1. The van der Waals surface area contributed by atoms with Crippen LogP contribution in [0.15, 0.2) is 30.7 Å². The third-order valence-corrected chi connectivity index (χ3v) is 4.02. The van der Waals surface area contributed by atoms with Crippen LogP contribution in [0, 0.1) is 0 Å². The van der Waals surface area contributed by atoms with E-state index in [1.54, 1.807) is 35.4 Å². The molecule has 1 unspecified atom stereocenters. The molecule has 0 aromatic carbocycles. The molecule has 1 amide bonds. The van der Waals surface area contributed by atoms with Crippen molar-refractivity contribution in [3.05, 3.63) is 36.3 Å². The first-order valence-electron chi connectivity index (χ1n) is 7.86. The van der Waals surface area contributed by atoms with Crippen molar-refractivity contribution in [2.24, 2.45) is 0 Å². The molecule has 1 atom stereocenters. The largest absolute Gasteiger partial charge is 0.479 e. The second-order valence-electron chi connectivity index (χ2n) is 5.48. The van der Waals surface area contributed by atoms with Crippen molar-refractivity contribution in [3.8, 4) is 11.6 Å². The standard InChI is InChI=1S/C16H19BrN4O3/c17-11-24-14-9-20-21(10-14)15-5-4-12(7-18-15)16(22)19-8-13-3-1-2-6-23-13/h4-5,7,9-10,13H,1-3,6,8,11H2,(H,19,22). The third kappa shape index (κ3) is 4.33. The Labute approximate surface area is 148 Å². The SMILES string of the molecule is O=C(NCC1CCCCO1)c1ccc(-n2cc(OCBr)cn2)nc1. The van der Waals surface area contributed by atoms with Crippen molar-refractivity contribution in [2.75, 3.05) is 18.7 Å². The number of alkyl halides is 1. The highest BCUT2D eigenvalue weighted by molar-refractivity contribution is 9.09. The van der Waals surface area contributed by atoms with Crippen LogP contribution >= 0.6 is 15.9 Å². The van der Waals surface area contributed by atoms with Gasteiger partial charge in [0.05, 0.1) is 24.1 Å². The third-order valence-electron chi connectivity index (χ3n) is 3.79. The maximum absolute atomic E-state index is 12.2. The van der Waals surface area contributed by atoms with E-state index in [2.05, 4.69) is 31.3 Å². The number of pyridine rings is 1. The van der Waals surface area contributed by atoms with Gasteiger partial charge < -0.3 is 14.8 Å². The number of ether oxygens (including phenoxy) is 2. The first-order valence-corrected chi connectivity index (χ1v) is 8.98. The van der Waals surface area contributed by atoms with Crippen LogP contribution < -0.4 is 10.1 Å². The first kappa shape index (κ1) is 16.9. The monoisotopic (exact) mass is 394 g/mol. The molecular formula is C16H19BrN4O3. The van der Waals surface area contributed by atoms with Gasteiger partial charge in [-0.15, -0.1) is 0 Å². The van der Waals surface area contributed by atoms with Crippen molar-refractivity contribution < 1.29 is 14.3 Å². The summed E-state index contributed by atoms with van der Waals surface area (Å²) in [5.74, 6) is 1.11. The van der Waals surface area contributed by atoms with Gasteiger partial charge in [-0.1, -0.05) is 0 Å². The summed E-state index contributed by atoms with van der Waals surface area (Å²) < 4.78 is 12.5. The van der Waals surface area contributed by atoms with Crippen LogP contribution in [-0.2, 0) is 4.74 Å². The van der Waals surface area contributed by atoms with Crippen molar-refractivity contribution in [1.29, 1.82) is 0 Å². The van der Waals surface area contributed by atoms with Gasteiger partial charge in [0.1, 0.15) is 5.52 Å². The molecule has 1 saturated heterocycles. The van der Waals surface area contributed by atoms with Gasteiger partial charge in [0.15, 0.2) is 11.6 Å². The summed E-state index contributed by atoms with van der Waals surface area (Å²) in [6, 6.07) is 3.48. The van der Waals surface area contributed by atoms with Crippen molar-refractivity contribution in [2.45, 2.75) is 25.4 Å². The fourth-order valence-electron chi connectivity index (χ4n) is 2.50. The highest BCUT2D eigenvalue weighted by Crippen LogP contribution is 2.14. The maximum Gasteiger partial charge on any atom is 0.252 e. The Morgan fingerprint density at radius 1 is 1.42 bits per heavy atom. The number of hydrogen-bond acceptors (Lipinski definition) is 5. The zero-order valence-corrected chi connectivity index (χ0v) is 14.7. The fourth-order valence-corrected chi connectivity index (χ4v) is 2.77. The van der Waals surface area contributed by atoms with Crippen molar-refractivity contribution >= 4 is 21.8 Å². The van der Waals surface area contributed by atoms with Gasteiger partial charge in [0.2, 0.25) is 0 Å². The van der Waals surface area contributed by atoms with Crippen LogP contribution in [0.25, 0.3) is 5.82 Å². The summed E-state index contributed by atoms with van der Waals surface area (Å²) in [5, 5.41) is 7.07. The minimum absolute atomic E-state index is 0.117. The summed E-state index contributed by atoms with van der Waals surface area (Å²) in [5.41, 5.74) is 0.911. The number of carbonyl (C=O) groups excluding carboxylic acids is 1. The Bertz CT molecular complexity index is 668. The minimum Gasteiger partial charge on any atom is -0.479 e. The van der Waals surface area contributed by atoms with E-state index in [4.69, 9.17) is 9.47 Å². The van der Waals surface area contributed by atoms with Crippen LogP contribution in [0.3, 0.4) is 0 Å². The number of rotatable bonds is 6. The number of nitrogens with zero attached hydrogens (tertiary/aromatic N) is 3. The van der Waals surface area contributed by atoms with Crippen LogP contribution in [0.1, 0.15) is 29.6 Å². The molecule has 3 rings (SSSR count). The summed E-state index contributed by atoms with van der Waals surface area (Å²) in [6.07, 6.45) is 8.24. The quantitative estimate of drug-likeness (QED) is 0.760. The molecule has 8 heteroatoms. The van der Waals surface area contributed by atoms with Gasteiger partial charge in [-0.2, -0.15) is 5.10 Å². The fraction of sp³-hybridized carbons (Fsp3) is 0.438. The second kappa shape index (κ2) is 8.25. The smallest absolute Gasteiger partial charge is 0.252 e. The molecule has 1 fully saturated rings. The Morgan fingerprint density at radius 3 is 3.04 bits per heavy atom. The van der Waals surface area contributed by atoms with Crippen LogP contribution in [0.4, 0.5) is 0 Å². The van der Waals surface area contributed by atoms with E-state index in [1.165, 1.54) is 0 Å². The van der Waals surface area contributed by atoms with E-state index < -0.39 is 0 Å². The van der Waals surface area contributed by atoms with Crippen molar-refractivity contribution in [3.63, 3.8) is 0 Å². The first-order chi connectivity index (χ1) is 11.8. The molecule has 0 radical (unpaired) electrons. The molecule has 2 aromatic rings. The minimum atomic E-state index is -0.146. The van der Waals surface area contributed by atoms with Crippen LogP contribution in [-0.4, -0.2) is 45.4 Å². The lowest BCUT2D eigenvalue weighted by Crippen LogP contribution is -2.35. The summed E-state index contributed by atoms with van der Waals surface area (Å²) in [4.78, 5) is 16.4. The van der Waals surface area contributed by atoms with Gasteiger partial charge >= 0.3 is 0 Å². The Balaban J connectivity index is 1.57. The Morgan fingerprint density at radius 2 is 2.33 bits per heavy atom. The maximum atomic E-state index is 12.2. The highest BCUT2D eigenvalue weighted by Gasteiger charge is 2.15. The van der Waals surface area contributed by atoms with Crippen LogP contribution in [0.5, 0.6) is 5.75 Å². The van der Waals surface area contributed by atoms with E-state index >= 15 is 0 Å². The summed E-state index contributed by atoms with van der Waals surface area (Å²) >= 11 is 3.19. The van der Waals surface area contributed by atoms with E-state index in [0.717, 1.165) is 25.9 Å². The number of aromatic nitrogens is 3. The van der Waals surface area contributed by atoms with Crippen LogP contribution in [0.2, 0.25) is 0 Å². The molecule has 0 saturated carbocycles. The van der Waals surface area contributed by atoms with E-state index in [9.17, 15) is 4.79 Å². The lowest BCUT2D eigenvalue weighted by molar-refractivity contribution is 0.0169. The topological polar surface area (TPSA) is 78.3 Å². The van der Waals surface area contributed by atoms with Gasteiger partial charge in [0.25, 0.3) is 5.91 Å². The number of nitrogens with one attached hydrogen (secondary N) is 1. The molecule has 0 spiro atoms. The molecule has 1 aliphatic rings.